The second-order valence-electron chi connectivity index (χ2n) is 5.18. The molecule has 0 unspecified atom stereocenters. The van der Waals surface area contributed by atoms with E-state index in [4.69, 9.17) is 11.6 Å². The Morgan fingerprint density at radius 1 is 1.19 bits per heavy atom. The molecule has 2 aromatic rings. The Balaban J connectivity index is 2.17. The van der Waals surface area contributed by atoms with Crippen LogP contribution >= 0.6 is 11.6 Å². The number of rotatable bonds is 4. The van der Waals surface area contributed by atoms with Gasteiger partial charge in [0.25, 0.3) is 5.91 Å². The summed E-state index contributed by atoms with van der Waals surface area (Å²) in [6.07, 6.45) is 3.21. The number of halogens is 1. The average Bonchev–Trinajstić information content (AvgIpc) is 2.42. The van der Waals surface area contributed by atoms with Crippen molar-refractivity contribution in [2.45, 2.75) is 26.8 Å². The number of nitrogens with zero attached hydrogens (tertiary/aromatic N) is 1. The zero-order chi connectivity index (χ0) is 15.4. The average molecular weight is 304 g/mol. The maximum absolute atomic E-state index is 12.0. The van der Waals surface area contributed by atoms with Crippen molar-refractivity contribution in [2.75, 3.05) is 5.32 Å². The Morgan fingerprint density at radius 2 is 1.95 bits per heavy atom. The van der Waals surface area contributed by atoms with Gasteiger partial charge in [0.05, 0.1) is 17.4 Å². The van der Waals surface area contributed by atoms with Gasteiger partial charge in [0, 0.05) is 22.9 Å². The number of aryl methyl sites for hydroxylation is 1. The molecule has 0 aliphatic rings. The summed E-state index contributed by atoms with van der Waals surface area (Å²) in [5.41, 5.74) is 3.14. The van der Waals surface area contributed by atoms with Gasteiger partial charge in [-0.15, -0.1) is 0 Å². The van der Waals surface area contributed by atoms with E-state index < -0.39 is 0 Å². The van der Waals surface area contributed by atoms with Gasteiger partial charge in [-0.05, 0) is 44.5 Å². The van der Waals surface area contributed by atoms with Crippen LogP contribution in [-0.4, -0.2) is 16.9 Å². The molecule has 0 saturated carbocycles. The van der Waals surface area contributed by atoms with Crippen LogP contribution in [0.1, 0.15) is 29.8 Å². The molecule has 2 rings (SSSR count). The molecule has 0 spiro atoms. The van der Waals surface area contributed by atoms with Crippen molar-refractivity contribution in [3.8, 4) is 0 Å². The third-order valence-corrected chi connectivity index (χ3v) is 3.29. The monoisotopic (exact) mass is 303 g/mol. The van der Waals surface area contributed by atoms with E-state index >= 15 is 0 Å². The second kappa shape index (κ2) is 6.59. The summed E-state index contributed by atoms with van der Waals surface area (Å²) < 4.78 is 0. The minimum absolute atomic E-state index is 0.0880. The minimum Gasteiger partial charge on any atom is -0.354 e. The van der Waals surface area contributed by atoms with Crippen molar-refractivity contribution in [3.63, 3.8) is 0 Å². The molecule has 1 heterocycles. The third-order valence-electron chi connectivity index (χ3n) is 2.88. The first kappa shape index (κ1) is 15.3. The first-order valence-electron chi connectivity index (χ1n) is 6.75. The van der Waals surface area contributed by atoms with E-state index in [0.717, 1.165) is 16.9 Å². The smallest absolute Gasteiger partial charge is 0.253 e. The van der Waals surface area contributed by atoms with E-state index in [2.05, 4.69) is 15.6 Å². The fourth-order valence-electron chi connectivity index (χ4n) is 1.82. The van der Waals surface area contributed by atoms with Gasteiger partial charge < -0.3 is 10.6 Å². The number of aromatic nitrogens is 1. The molecule has 1 aromatic heterocycles. The van der Waals surface area contributed by atoms with Gasteiger partial charge in [-0.2, -0.15) is 0 Å². The van der Waals surface area contributed by atoms with Crippen molar-refractivity contribution in [3.05, 3.63) is 52.8 Å². The Hall–Kier alpha value is -2.07. The molecular formula is C16H18ClN3O. The number of pyridine rings is 1. The molecule has 0 fully saturated rings. The van der Waals surface area contributed by atoms with E-state index in [9.17, 15) is 4.79 Å². The van der Waals surface area contributed by atoms with Crippen LogP contribution in [0.4, 0.5) is 11.4 Å². The van der Waals surface area contributed by atoms with Crippen molar-refractivity contribution in [1.29, 1.82) is 0 Å². The number of hydrogen-bond acceptors (Lipinski definition) is 3. The van der Waals surface area contributed by atoms with Crippen molar-refractivity contribution in [2.24, 2.45) is 0 Å². The van der Waals surface area contributed by atoms with Crippen molar-refractivity contribution >= 4 is 28.9 Å². The molecule has 0 aliphatic carbocycles. The maximum atomic E-state index is 12.0. The van der Waals surface area contributed by atoms with Crippen LogP contribution in [0.3, 0.4) is 0 Å². The lowest BCUT2D eigenvalue weighted by Crippen LogP contribution is -2.30. The summed E-state index contributed by atoms with van der Waals surface area (Å²) in [5, 5.41) is 6.73. The van der Waals surface area contributed by atoms with Crippen LogP contribution in [0, 0.1) is 6.92 Å². The Labute approximate surface area is 129 Å². The summed E-state index contributed by atoms with van der Waals surface area (Å²) in [6, 6.07) is 7.57. The van der Waals surface area contributed by atoms with E-state index in [0.29, 0.717) is 10.6 Å². The van der Waals surface area contributed by atoms with E-state index in [1.54, 1.807) is 18.5 Å². The summed E-state index contributed by atoms with van der Waals surface area (Å²) >= 11 is 6.10. The van der Waals surface area contributed by atoms with Crippen molar-refractivity contribution in [1.82, 2.24) is 10.3 Å². The van der Waals surface area contributed by atoms with Gasteiger partial charge in [-0.25, -0.2) is 0 Å². The summed E-state index contributed by atoms with van der Waals surface area (Å²) in [6.45, 7) is 5.79. The van der Waals surface area contributed by atoms with Gasteiger partial charge in [0.1, 0.15) is 0 Å². The molecule has 2 N–H and O–H groups in total. The molecule has 0 aliphatic heterocycles. The normalized spacial score (nSPS) is 10.5. The Kier molecular flexibility index (Phi) is 4.81. The number of amides is 1. The number of benzene rings is 1. The van der Waals surface area contributed by atoms with E-state index in [-0.39, 0.29) is 11.9 Å². The Bertz CT molecular complexity index is 656. The van der Waals surface area contributed by atoms with Gasteiger partial charge >= 0.3 is 0 Å². The lowest BCUT2D eigenvalue weighted by molar-refractivity contribution is 0.0943. The fourth-order valence-corrected chi connectivity index (χ4v) is 2.00. The third kappa shape index (κ3) is 4.20. The van der Waals surface area contributed by atoms with Gasteiger partial charge in [-0.1, -0.05) is 17.7 Å². The first-order valence-corrected chi connectivity index (χ1v) is 7.12. The largest absolute Gasteiger partial charge is 0.354 e. The van der Waals surface area contributed by atoms with Crippen LogP contribution in [0.15, 0.2) is 36.7 Å². The highest BCUT2D eigenvalue weighted by Crippen LogP contribution is 2.23. The minimum atomic E-state index is -0.136. The van der Waals surface area contributed by atoms with Gasteiger partial charge in [0.2, 0.25) is 0 Å². The van der Waals surface area contributed by atoms with E-state index in [1.807, 2.05) is 39.0 Å². The zero-order valence-electron chi connectivity index (χ0n) is 12.3. The molecule has 0 atom stereocenters. The van der Waals surface area contributed by atoms with Crippen LogP contribution < -0.4 is 10.6 Å². The van der Waals surface area contributed by atoms with Crippen LogP contribution in [0.25, 0.3) is 0 Å². The lowest BCUT2D eigenvalue weighted by atomic mass is 10.2. The number of nitrogens with one attached hydrogen (secondary N) is 2. The number of hydrogen-bond donors (Lipinski definition) is 2. The molecule has 0 saturated heterocycles. The van der Waals surface area contributed by atoms with Gasteiger partial charge in [0.15, 0.2) is 0 Å². The second-order valence-corrected chi connectivity index (χ2v) is 5.59. The zero-order valence-corrected chi connectivity index (χ0v) is 13.0. The lowest BCUT2D eigenvalue weighted by Gasteiger charge is -2.11. The summed E-state index contributed by atoms with van der Waals surface area (Å²) in [4.78, 5) is 16.1. The predicted octanol–water partition coefficient (Wildman–Crippen LogP) is 3.93. The van der Waals surface area contributed by atoms with Crippen LogP contribution in [0.2, 0.25) is 5.02 Å². The molecule has 1 amide bonds. The molecular weight excluding hydrogens is 286 g/mol. The predicted molar refractivity (Wildman–Crippen MR) is 86.3 cm³/mol. The highest BCUT2D eigenvalue weighted by Gasteiger charge is 2.08. The summed E-state index contributed by atoms with van der Waals surface area (Å²) in [7, 11) is 0. The van der Waals surface area contributed by atoms with E-state index in [1.165, 1.54) is 0 Å². The maximum Gasteiger partial charge on any atom is 0.253 e. The Morgan fingerprint density at radius 3 is 2.62 bits per heavy atom. The topological polar surface area (TPSA) is 54.0 Å². The molecule has 1 aromatic carbocycles. The summed E-state index contributed by atoms with van der Waals surface area (Å²) in [5.74, 6) is -0.136. The molecule has 21 heavy (non-hydrogen) atoms. The standard InChI is InChI=1S/C16H18ClN3O/c1-10(2)19-16(21)12-6-14(9-18-8-12)20-13-5-4-11(3)15(17)7-13/h4-10,20H,1-3H3,(H,19,21). The van der Waals surface area contributed by atoms with Crippen LogP contribution in [0.5, 0.6) is 0 Å². The highest BCUT2D eigenvalue weighted by molar-refractivity contribution is 6.31. The number of anilines is 2. The molecule has 110 valence electrons. The number of carbonyl (C=O) groups is 1. The van der Waals surface area contributed by atoms with Crippen LogP contribution in [-0.2, 0) is 0 Å². The quantitative estimate of drug-likeness (QED) is 0.900. The molecule has 0 radical (unpaired) electrons. The fraction of sp³-hybridized carbons (Fsp3) is 0.250. The molecule has 5 heteroatoms. The first-order chi connectivity index (χ1) is 9.95. The van der Waals surface area contributed by atoms with Crippen molar-refractivity contribution < 1.29 is 4.79 Å². The number of carbonyl (C=O) groups excluding carboxylic acids is 1. The SMILES string of the molecule is Cc1ccc(Nc2cncc(C(=O)NC(C)C)c2)cc1Cl. The molecule has 4 nitrogen and oxygen atoms in total. The van der Waals surface area contributed by atoms with Gasteiger partial charge in [-0.3, -0.25) is 9.78 Å². The molecule has 0 bridgehead atoms. The highest BCUT2D eigenvalue weighted by atomic mass is 35.5.